The second kappa shape index (κ2) is 4.93. The van der Waals surface area contributed by atoms with Crippen LogP contribution in [-0.4, -0.2) is 5.78 Å². The lowest BCUT2D eigenvalue weighted by Gasteiger charge is -2.19. The van der Waals surface area contributed by atoms with Gasteiger partial charge in [0, 0.05) is 10.8 Å². The van der Waals surface area contributed by atoms with Crippen LogP contribution in [0.5, 0.6) is 0 Å². The van der Waals surface area contributed by atoms with Crippen molar-refractivity contribution in [3.05, 3.63) is 21.4 Å². The van der Waals surface area contributed by atoms with Crippen LogP contribution in [0.1, 0.15) is 65.1 Å². The molecule has 1 nitrogen and oxygen atoms in total. The molecule has 1 aromatic rings. The van der Waals surface area contributed by atoms with Crippen molar-refractivity contribution in [1.29, 1.82) is 0 Å². The van der Waals surface area contributed by atoms with Gasteiger partial charge in [-0.25, -0.2) is 0 Å². The van der Waals surface area contributed by atoms with E-state index in [9.17, 15) is 4.79 Å². The Morgan fingerprint density at radius 1 is 1.06 bits per heavy atom. The highest BCUT2D eigenvalue weighted by molar-refractivity contribution is 7.14. The maximum Gasteiger partial charge on any atom is 0.175 e. The molecule has 1 fully saturated rings. The first-order chi connectivity index (χ1) is 8.34. The van der Waals surface area contributed by atoms with Crippen LogP contribution >= 0.6 is 11.3 Å². The van der Waals surface area contributed by atoms with E-state index < -0.39 is 0 Å². The van der Waals surface area contributed by atoms with Crippen LogP contribution in [0.4, 0.5) is 0 Å². The van der Waals surface area contributed by atoms with Gasteiger partial charge in [-0.3, -0.25) is 4.79 Å². The van der Waals surface area contributed by atoms with Crippen molar-refractivity contribution in [2.24, 2.45) is 5.92 Å². The molecule has 0 spiro atoms. The lowest BCUT2D eigenvalue weighted by Crippen LogP contribution is -2.16. The zero-order valence-electron chi connectivity index (χ0n) is 10.3. The number of carbonyl (C=O) groups is 1. The fraction of sp³-hybridized carbons (Fsp3) is 0.667. The van der Waals surface area contributed by atoms with E-state index in [1.807, 2.05) is 0 Å². The summed E-state index contributed by atoms with van der Waals surface area (Å²) in [5.74, 6) is 0.785. The number of rotatable bonds is 2. The summed E-state index contributed by atoms with van der Waals surface area (Å²) in [6, 6.07) is 2.20. The SMILES string of the molecule is O=C(c1cc2c(s1)CCCC2)C1CCCCC1. The Kier molecular flexibility index (Phi) is 3.32. The number of hydrogen-bond donors (Lipinski definition) is 0. The second-order valence-corrected chi connectivity index (χ2v) is 6.60. The Balaban J connectivity index is 1.78. The molecule has 1 aromatic heterocycles. The average molecular weight is 248 g/mol. The molecule has 3 rings (SSSR count). The van der Waals surface area contributed by atoms with Gasteiger partial charge in [-0.05, 0) is 50.2 Å². The minimum absolute atomic E-state index is 0.337. The summed E-state index contributed by atoms with van der Waals surface area (Å²) in [7, 11) is 0. The highest BCUT2D eigenvalue weighted by Gasteiger charge is 2.25. The molecule has 0 aliphatic heterocycles. The lowest BCUT2D eigenvalue weighted by molar-refractivity contribution is 0.0894. The Hall–Kier alpha value is -0.630. The van der Waals surface area contributed by atoms with Gasteiger partial charge >= 0.3 is 0 Å². The summed E-state index contributed by atoms with van der Waals surface area (Å²) < 4.78 is 0. The summed E-state index contributed by atoms with van der Waals surface area (Å²) in [4.78, 5) is 15.0. The van der Waals surface area contributed by atoms with E-state index in [1.54, 1.807) is 11.3 Å². The molecule has 2 heteroatoms. The predicted molar refractivity (Wildman–Crippen MR) is 71.9 cm³/mol. The first kappa shape index (κ1) is 11.5. The summed E-state index contributed by atoms with van der Waals surface area (Å²) in [5, 5.41) is 0. The molecule has 0 atom stereocenters. The first-order valence-corrected chi connectivity index (χ1v) is 7.82. The topological polar surface area (TPSA) is 17.1 Å². The van der Waals surface area contributed by atoms with Crippen molar-refractivity contribution >= 4 is 17.1 Å². The fourth-order valence-corrected chi connectivity index (χ4v) is 4.45. The van der Waals surface area contributed by atoms with E-state index in [2.05, 4.69) is 6.07 Å². The molecule has 0 saturated heterocycles. The molecule has 92 valence electrons. The number of Topliss-reactive ketones (excluding diaryl/α,β-unsaturated/α-hetero) is 1. The van der Waals surface area contributed by atoms with Crippen LogP contribution < -0.4 is 0 Å². The first-order valence-electron chi connectivity index (χ1n) is 7.00. The molecule has 0 aromatic carbocycles. The molecule has 1 heterocycles. The molecule has 0 unspecified atom stereocenters. The Morgan fingerprint density at radius 2 is 1.82 bits per heavy atom. The van der Waals surface area contributed by atoms with Crippen LogP contribution in [0.25, 0.3) is 0 Å². The zero-order chi connectivity index (χ0) is 11.7. The summed E-state index contributed by atoms with van der Waals surface area (Å²) >= 11 is 1.79. The highest BCUT2D eigenvalue weighted by Crippen LogP contribution is 2.34. The molecule has 17 heavy (non-hydrogen) atoms. The molecule has 0 N–H and O–H groups in total. The molecular weight excluding hydrogens is 228 g/mol. The van der Waals surface area contributed by atoms with E-state index >= 15 is 0 Å². The molecule has 0 radical (unpaired) electrons. The van der Waals surface area contributed by atoms with Gasteiger partial charge in [0.15, 0.2) is 5.78 Å². The van der Waals surface area contributed by atoms with Crippen molar-refractivity contribution in [3.63, 3.8) is 0 Å². The summed E-state index contributed by atoms with van der Waals surface area (Å²) in [6.45, 7) is 0. The summed E-state index contributed by atoms with van der Waals surface area (Å²) in [6.07, 6.45) is 11.1. The van der Waals surface area contributed by atoms with Crippen LogP contribution in [0.15, 0.2) is 6.07 Å². The standard InChI is InChI=1S/C15H20OS/c16-15(11-6-2-1-3-7-11)14-10-12-8-4-5-9-13(12)17-14/h10-11H,1-9H2. The van der Waals surface area contributed by atoms with E-state index in [-0.39, 0.29) is 0 Å². The van der Waals surface area contributed by atoms with Crippen LogP contribution in [0, 0.1) is 5.92 Å². The van der Waals surface area contributed by atoms with Crippen LogP contribution in [-0.2, 0) is 12.8 Å². The van der Waals surface area contributed by atoms with Gasteiger partial charge < -0.3 is 0 Å². The van der Waals surface area contributed by atoms with Gasteiger partial charge in [0.25, 0.3) is 0 Å². The third-order valence-corrected chi connectivity index (χ3v) is 5.47. The van der Waals surface area contributed by atoms with E-state index in [0.717, 1.165) is 17.7 Å². The van der Waals surface area contributed by atoms with Crippen molar-refractivity contribution in [1.82, 2.24) is 0 Å². The minimum Gasteiger partial charge on any atom is -0.293 e. The third-order valence-electron chi connectivity index (χ3n) is 4.22. The van der Waals surface area contributed by atoms with Gasteiger partial charge in [0.05, 0.1) is 4.88 Å². The molecule has 1 saturated carbocycles. The zero-order valence-corrected chi connectivity index (χ0v) is 11.2. The van der Waals surface area contributed by atoms with Crippen molar-refractivity contribution in [3.8, 4) is 0 Å². The van der Waals surface area contributed by atoms with Gasteiger partial charge in [-0.2, -0.15) is 0 Å². The smallest absolute Gasteiger partial charge is 0.175 e. The second-order valence-electron chi connectivity index (χ2n) is 5.47. The Bertz CT molecular complexity index is 389. The highest BCUT2D eigenvalue weighted by atomic mass is 32.1. The van der Waals surface area contributed by atoms with E-state index in [1.165, 1.54) is 55.4 Å². The van der Waals surface area contributed by atoms with Gasteiger partial charge in [-0.15, -0.1) is 11.3 Å². The minimum atomic E-state index is 0.337. The summed E-state index contributed by atoms with van der Waals surface area (Å²) in [5.41, 5.74) is 1.47. The van der Waals surface area contributed by atoms with Crippen molar-refractivity contribution in [2.45, 2.75) is 57.8 Å². The van der Waals surface area contributed by atoms with Gasteiger partial charge in [0.2, 0.25) is 0 Å². The normalized spacial score (nSPS) is 21.2. The fourth-order valence-electron chi connectivity index (χ4n) is 3.18. The van der Waals surface area contributed by atoms with Crippen LogP contribution in [0.3, 0.4) is 0 Å². The lowest BCUT2D eigenvalue weighted by atomic mass is 9.85. The van der Waals surface area contributed by atoms with E-state index in [4.69, 9.17) is 0 Å². The van der Waals surface area contributed by atoms with Crippen molar-refractivity contribution in [2.75, 3.05) is 0 Å². The van der Waals surface area contributed by atoms with Crippen LogP contribution in [0.2, 0.25) is 0 Å². The van der Waals surface area contributed by atoms with Gasteiger partial charge in [-0.1, -0.05) is 19.3 Å². The third kappa shape index (κ3) is 2.33. The number of aryl methyl sites for hydroxylation is 2. The molecule has 0 amide bonds. The average Bonchev–Trinajstić information content (AvgIpc) is 2.82. The molecule has 0 bridgehead atoms. The molecule has 2 aliphatic carbocycles. The largest absolute Gasteiger partial charge is 0.293 e. The number of carbonyl (C=O) groups excluding carboxylic acids is 1. The van der Waals surface area contributed by atoms with Crippen molar-refractivity contribution < 1.29 is 4.79 Å². The molecular formula is C15H20OS. The number of fused-ring (bicyclic) bond motifs is 1. The number of ketones is 1. The number of thiophene rings is 1. The molecule has 2 aliphatic rings. The number of hydrogen-bond acceptors (Lipinski definition) is 2. The monoisotopic (exact) mass is 248 g/mol. The Labute approximate surface area is 107 Å². The predicted octanol–water partition coefficient (Wildman–Crippen LogP) is 4.39. The Morgan fingerprint density at radius 3 is 2.59 bits per heavy atom. The van der Waals surface area contributed by atoms with Gasteiger partial charge in [0.1, 0.15) is 0 Å². The van der Waals surface area contributed by atoms with E-state index in [0.29, 0.717) is 11.7 Å². The maximum atomic E-state index is 12.4. The maximum absolute atomic E-state index is 12.4. The quantitative estimate of drug-likeness (QED) is 0.709.